The fourth-order valence-electron chi connectivity index (χ4n) is 2.76. The fraction of sp³-hybridized carbons (Fsp3) is 0.167. The molecule has 0 fully saturated rings. The van der Waals surface area contributed by atoms with Crippen LogP contribution in [-0.2, 0) is 9.53 Å². The number of methoxy groups -OCH3 is 1. The summed E-state index contributed by atoms with van der Waals surface area (Å²) >= 11 is 6.29. The molecule has 1 aromatic heterocycles. The Balaban J connectivity index is 2.18. The lowest BCUT2D eigenvalue weighted by atomic mass is 9.95. The van der Waals surface area contributed by atoms with Crippen molar-refractivity contribution in [3.63, 3.8) is 0 Å². The summed E-state index contributed by atoms with van der Waals surface area (Å²) in [5.41, 5.74) is 1.47. The number of carbonyl (C=O) groups excluding carboxylic acids is 1. The van der Waals surface area contributed by atoms with Gasteiger partial charge in [-0.1, -0.05) is 17.7 Å². The van der Waals surface area contributed by atoms with Crippen molar-refractivity contribution in [3.05, 3.63) is 80.3 Å². The van der Waals surface area contributed by atoms with E-state index in [0.717, 1.165) is 0 Å². The lowest BCUT2D eigenvalue weighted by Crippen LogP contribution is -2.33. The molecular formula is C18H15ClN4O4. The topological polar surface area (TPSA) is 107 Å². The van der Waals surface area contributed by atoms with Gasteiger partial charge in [0.05, 0.1) is 17.6 Å². The Morgan fingerprint density at radius 1 is 1.33 bits per heavy atom. The van der Waals surface area contributed by atoms with Gasteiger partial charge in [-0.3, -0.25) is 20.1 Å². The Morgan fingerprint density at radius 3 is 2.74 bits per heavy atom. The normalized spacial score (nSPS) is 16.4. The third-order valence-electron chi connectivity index (χ3n) is 4.04. The summed E-state index contributed by atoms with van der Waals surface area (Å²) in [5, 5.41) is 14.5. The number of hydrogen-bond donors (Lipinski definition) is 1. The molecule has 3 rings (SSSR count). The van der Waals surface area contributed by atoms with Crippen LogP contribution in [0.25, 0.3) is 0 Å². The van der Waals surface area contributed by atoms with Gasteiger partial charge in [0, 0.05) is 34.6 Å². The highest BCUT2D eigenvalue weighted by atomic mass is 35.5. The second-order valence-electron chi connectivity index (χ2n) is 5.71. The highest BCUT2D eigenvalue weighted by molar-refractivity contribution is 6.31. The number of carbonyl (C=O) groups is 1. The van der Waals surface area contributed by atoms with Crippen LogP contribution in [-0.4, -0.2) is 28.8 Å². The molecule has 1 aliphatic rings. The minimum atomic E-state index is -0.872. The van der Waals surface area contributed by atoms with Crippen molar-refractivity contribution in [2.45, 2.75) is 13.0 Å². The molecule has 1 aromatic carbocycles. The summed E-state index contributed by atoms with van der Waals surface area (Å²) in [6, 6.07) is 8.48. The Morgan fingerprint density at radius 2 is 2.11 bits per heavy atom. The molecule has 8 nitrogen and oxygen atoms in total. The third kappa shape index (κ3) is 3.65. The van der Waals surface area contributed by atoms with Crippen molar-refractivity contribution in [1.29, 1.82) is 0 Å². The molecule has 1 atom stereocenters. The average Bonchev–Trinajstić information content (AvgIpc) is 2.67. The van der Waals surface area contributed by atoms with E-state index in [4.69, 9.17) is 16.3 Å². The molecule has 0 amide bonds. The molecule has 0 aliphatic carbocycles. The van der Waals surface area contributed by atoms with Gasteiger partial charge in [-0.25, -0.2) is 4.79 Å². The van der Waals surface area contributed by atoms with E-state index in [1.807, 2.05) is 0 Å². The summed E-state index contributed by atoms with van der Waals surface area (Å²) in [5.74, 6) is -0.176. The molecule has 0 saturated carbocycles. The van der Waals surface area contributed by atoms with Gasteiger partial charge in [0.1, 0.15) is 11.7 Å². The Hall–Kier alpha value is -3.26. The van der Waals surface area contributed by atoms with Crippen LogP contribution in [0.3, 0.4) is 0 Å². The number of halogens is 1. The number of nitro benzene ring substituents is 1. The number of nitro groups is 1. The molecule has 27 heavy (non-hydrogen) atoms. The second kappa shape index (κ2) is 7.55. The van der Waals surface area contributed by atoms with E-state index in [0.29, 0.717) is 22.8 Å². The van der Waals surface area contributed by atoms with Crippen LogP contribution in [0, 0.1) is 10.1 Å². The summed E-state index contributed by atoms with van der Waals surface area (Å²) in [6.07, 6.45) is 1.61. The third-order valence-corrected chi connectivity index (χ3v) is 4.38. The zero-order valence-electron chi connectivity index (χ0n) is 14.5. The molecule has 0 radical (unpaired) electrons. The van der Waals surface area contributed by atoms with E-state index in [1.165, 1.54) is 25.3 Å². The first kappa shape index (κ1) is 18.5. The van der Waals surface area contributed by atoms with Gasteiger partial charge in [0.25, 0.3) is 5.69 Å². The van der Waals surface area contributed by atoms with Crippen LogP contribution >= 0.6 is 11.6 Å². The van der Waals surface area contributed by atoms with Gasteiger partial charge in [-0.15, -0.1) is 0 Å². The van der Waals surface area contributed by atoms with Crippen LogP contribution in [0.15, 0.2) is 58.9 Å². The lowest BCUT2D eigenvalue weighted by Gasteiger charge is -2.26. The maximum Gasteiger partial charge on any atom is 0.338 e. The number of rotatable bonds is 4. The number of non-ortho nitro benzene ring substituents is 1. The number of aromatic nitrogens is 1. The summed E-state index contributed by atoms with van der Waals surface area (Å²) in [4.78, 5) is 31.8. The van der Waals surface area contributed by atoms with E-state index >= 15 is 0 Å². The van der Waals surface area contributed by atoms with Crippen LogP contribution in [0.2, 0.25) is 5.02 Å². The van der Waals surface area contributed by atoms with Crippen molar-refractivity contribution < 1.29 is 14.5 Å². The predicted molar refractivity (Wildman–Crippen MR) is 99.5 cm³/mol. The van der Waals surface area contributed by atoms with E-state index in [1.54, 1.807) is 31.3 Å². The number of pyridine rings is 1. The second-order valence-corrected chi connectivity index (χ2v) is 6.12. The number of esters is 1. The Labute approximate surface area is 159 Å². The molecule has 0 saturated heterocycles. The Kier molecular flexibility index (Phi) is 5.18. The molecule has 138 valence electrons. The molecule has 2 heterocycles. The zero-order chi connectivity index (χ0) is 19.6. The van der Waals surface area contributed by atoms with Crippen LogP contribution in [0.1, 0.15) is 24.2 Å². The SMILES string of the molecule is COC(=O)C1=C(C)NC(c2ccccn2)=NC1c1cc([N+](=O)[O-])ccc1Cl. The monoisotopic (exact) mass is 386 g/mol. The quantitative estimate of drug-likeness (QED) is 0.491. The van der Waals surface area contributed by atoms with E-state index < -0.39 is 16.9 Å². The summed E-state index contributed by atoms with van der Waals surface area (Å²) in [6.45, 7) is 1.70. The molecule has 1 unspecified atom stereocenters. The molecule has 0 spiro atoms. The van der Waals surface area contributed by atoms with Crippen molar-refractivity contribution in [3.8, 4) is 0 Å². The first-order valence-electron chi connectivity index (χ1n) is 7.91. The molecule has 9 heteroatoms. The van der Waals surface area contributed by atoms with Crippen molar-refractivity contribution >= 4 is 29.1 Å². The number of benzene rings is 1. The van der Waals surface area contributed by atoms with Gasteiger partial charge in [-0.2, -0.15) is 0 Å². The molecule has 1 aliphatic heterocycles. The first-order valence-corrected chi connectivity index (χ1v) is 8.29. The zero-order valence-corrected chi connectivity index (χ0v) is 15.2. The first-order chi connectivity index (χ1) is 12.9. The summed E-state index contributed by atoms with van der Waals surface area (Å²) in [7, 11) is 1.26. The van der Waals surface area contributed by atoms with E-state index in [-0.39, 0.29) is 16.3 Å². The summed E-state index contributed by atoms with van der Waals surface area (Å²) < 4.78 is 4.87. The van der Waals surface area contributed by atoms with Crippen molar-refractivity contribution in [1.82, 2.24) is 10.3 Å². The van der Waals surface area contributed by atoms with Crippen LogP contribution < -0.4 is 5.32 Å². The standard InChI is InChI=1S/C18H15ClN4O4/c1-10-15(18(24)27-2)16(12-9-11(23(25)26)6-7-13(12)19)22-17(21-10)14-5-3-4-8-20-14/h3-9,16H,1-2H3,(H,21,22). The minimum absolute atomic E-state index is 0.149. The maximum atomic E-state index is 12.4. The maximum absolute atomic E-state index is 12.4. The van der Waals surface area contributed by atoms with Gasteiger partial charge in [0.2, 0.25) is 0 Å². The van der Waals surface area contributed by atoms with Gasteiger partial charge < -0.3 is 10.1 Å². The number of aliphatic imine (C=N–C) groups is 1. The lowest BCUT2D eigenvalue weighted by molar-refractivity contribution is -0.384. The Bertz CT molecular complexity index is 973. The number of nitrogens with zero attached hydrogens (tertiary/aromatic N) is 3. The van der Waals surface area contributed by atoms with Crippen LogP contribution in [0.4, 0.5) is 5.69 Å². The smallest absolute Gasteiger partial charge is 0.338 e. The molecular weight excluding hydrogens is 372 g/mol. The fourth-order valence-corrected chi connectivity index (χ4v) is 2.98. The van der Waals surface area contributed by atoms with Gasteiger partial charge in [-0.05, 0) is 25.1 Å². The predicted octanol–water partition coefficient (Wildman–Crippen LogP) is 3.18. The van der Waals surface area contributed by atoms with E-state index in [9.17, 15) is 14.9 Å². The largest absolute Gasteiger partial charge is 0.466 e. The number of amidine groups is 1. The molecule has 2 aromatic rings. The molecule has 0 bridgehead atoms. The van der Waals surface area contributed by atoms with Gasteiger partial charge >= 0.3 is 5.97 Å². The van der Waals surface area contributed by atoms with Crippen LogP contribution in [0.5, 0.6) is 0 Å². The number of hydrogen-bond acceptors (Lipinski definition) is 7. The number of nitrogens with one attached hydrogen (secondary N) is 1. The highest BCUT2D eigenvalue weighted by Gasteiger charge is 2.32. The van der Waals surface area contributed by atoms with Crippen molar-refractivity contribution in [2.24, 2.45) is 4.99 Å². The van der Waals surface area contributed by atoms with E-state index in [2.05, 4.69) is 15.3 Å². The highest BCUT2D eigenvalue weighted by Crippen LogP contribution is 2.37. The minimum Gasteiger partial charge on any atom is -0.466 e. The number of allylic oxidation sites excluding steroid dienone is 1. The average molecular weight is 387 g/mol. The van der Waals surface area contributed by atoms with Gasteiger partial charge in [0.15, 0.2) is 5.84 Å². The van der Waals surface area contributed by atoms with Crippen molar-refractivity contribution in [2.75, 3.05) is 7.11 Å². The molecule has 1 N–H and O–H groups in total. The number of ether oxygens (including phenoxy) is 1.